The topological polar surface area (TPSA) is 87.2 Å². The summed E-state index contributed by atoms with van der Waals surface area (Å²) in [5, 5.41) is 7.63. The Bertz CT molecular complexity index is 1140. The lowest BCUT2D eigenvalue weighted by Gasteiger charge is -2.30. The van der Waals surface area contributed by atoms with E-state index in [2.05, 4.69) is 10.6 Å². The van der Waals surface area contributed by atoms with Crippen LogP contribution in [0.5, 0.6) is 0 Å². The van der Waals surface area contributed by atoms with Gasteiger partial charge in [-0.1, -0.05) is 30.3 Å². The Kier molecular flexibility index (Phi) is 6.35. The van der Waals surface area contributed by atoms with Crippen LogP contribution in [-0.2, 0) is 0 Å². The van der Waals surface area contributed by atoms with Crippen molar-refractivity contribution in [3.05, 3.63) is 59.7 Å². The molecule has 32 heavy (non-hydrogen) atoms. The molecule has 1 aliphatic rings. The van der Waals surface area contributed by atoms with Gasteiger partial charge < -0.3 is 15.5 Å². The molecule has 0 spiro atoms. The van der Waals surface area contributed by atoms with Crippen LogP contribution in [0.3, 0.4) is 0 Å². The second kappa shape index (κ2) is 9.34. The van der Waals surface area contributed by atoms with Gasteiger partial charge in [0.1, 0.15) is 5.82 Å². The number of aromatic nitrogens is 2. The lowest BCUT2D eigenvalue weighted by Crippen LogP contribution is -2.40. The van der Waals surface area contributed by atoms with E-state index < -0.39 is 0 Å². The highest BCUT2D eigenvalue weighted by molar-refractivity contribution is 6.07. The number of ketones is 1. The summed E-state index contributed by atoms with van der Waals surface area (Å²) in [7, 11) is 3.97. The zero-order valence-electron chi connectivity index (χ0n) is 18.8. The summed E-state index contributed by atoms with van der Waals surface area (Å²) >= 11 is 0. The number of anilines is 2. The number of rotatable bonds is 6. The maximum absolute atomic E-state index is 12.7. The lowest BCUT2D eigenvalue weighted by atomic mass is 9.91. The number of nitrogens with zero attached hydrogens (tertiary/aromatic N) is 3. The van der Waals surface area contributed by atoms with Crippen LogP contribution < -0.4 is 15.5 Å². The molecule has 1 aliphatic carbocycles. The Morgan fingerprint density at radius 2 is 1.50 bits per heavy atom. The molecule has 0 bridgehead atoms. The number of nitrogens with one attached hydrogen (secondary N) is 2. The number of amides is 1. The molecule has 7 nitrogen and oxygen atoms in total. The van der Waals surface area contributed by atoms with Gasteiger partial charge in [-0.15, -0.1) is 0 Å². The standard InChI is InChI=1S/C25H29N5O2/c1-16(31)19-8-4-5-9-20(19)24(32)26-17-12-14-18(15-13-17)27-25-28-22-11-7-6-10-21(22)23(29-25)30(2)3/h4-11,17-18H,12-15H2,1-3H3,(H,26,32)(H,27,28,29). The molecule has 0 aliphatic heterocycles. The minimum absolute atomic E-state index is 0.0930. The molecule has 1 heterocycles. The quantitative estimate of drug-likeness (QED) is 0.573. The average molecular weight is 432 g/mol. The van der Waals surface area contributed by atoms with Gasteiger partial charge in [-0.25, -0.2) is 4.98 Å². The van der Waals surface area contributed by atoms with Crippen LogP contribution in [0.4, 0.5) is 11.8 Å². The zero-order valence-corrected chi connectivity index (χ0v) is 18.8. The Morgan fingerprint density at radius 1 is 0.875 bits per heavy atom. The summed E-state index contributed by atoms with van der Waals surface area (Å²) in [6.07, 6.45) is 3.54. The van der Waals surface area contributed by atoms with Crippen molar-refractivity contribution in [2.75, 3.05) is 24.3 Å². The Hall–Kier alpha value is -3.48. The maximum Gasteiger partial charge on any atom is 0.252 e. The summed E-state index contributed by atoms with van der Waals surface area (Å²) < 4.78 is 0. The Morgan fingerprint density at radius 3 is 2.19 bits per heavy atom. The van der Waals surface area contributed by atoms with Gasteiger partial charge in [-0.05, 0) is 50.8 Å². The van der Waals surface area contributed by atoms with Crippen molar-refractivity contribution in [2.24, 2.45) is 0 Å². The van der Waals surface area contributed by atoms with E-state index in [1.807, 2.05) is 43.3 Å². The SMILES string of the molecule is CC(=O)c1ccccc1C(=O)NC1CCC(Nc2nc(N(C)C)c3ccccc3n2)CC1. The van der Waals surface area contributed by atoms with Crippen molar-refractivity contribution < 1.29 is 9.59 Å². The molecule has 0 atom stereocenters. The molecular weight excluding hydrogens is 402 g/mol. The monoisotopic (exact) mass is 431 g/mol. The summed E-state index contributed by atoms with van der Waals surface area (Å²) in [6, 6.07) is 15.3. The molecule has 3 aromatic rings. The van der Waals surface area contributed by atoms with Crippen molar-refractivity contribution in [3.8, 4) is 0 Å². The first-order valence-corrected chi connectivity index (χ1v) is 11.0. The van der Waals surface area contributed by atoms with E-state index in [1.165, 1.54) is 6.92 Å². The van der Waals surface area contributed by atoms with Crippen molar-refractivity contribution in [1.82, 2.24) is 15.3 Å². The minimum Gasteiger partial charge on any atom is -0.362 e. The predicted molar refractivity (Wildman–Crippen MR) is 127 cm³/mol. The largest absolute Gasteiger partial charge is 0.362 e. The maximum atomic E-state index is 12.7. The summed E-state index contributed by atoms with van der Waals surface area (Å²) in [5.41, 5.74) is 1.82. The fourth-order valence-corrected chi connectivity index (χ4v) is 4.28. The predicted octanol–water partition coefficient (Wildman–Crippen LogP) is 4.05. The van der Waals surface area contributed by atoms with E-state index in [9.17, 15) is 9.59 Å². The number of hydrogen-bond acceptors (Lipinski definition) is 6. The zero-order chi connectivity index (χ0) is 22.7. The van der Waals surface area contributed by atoms with E-state index in [1.54, 1.807) is 24.3 Å². The van der Waals surface area contributed by atoms with Gasteiger partial charge in [0.15, 0.2) is 5.78 Å². The van der Waals surface area contributed by atoms with Gasteiger partial charge in [0.05, 0.1) is 11.1 Å². The first-order valence-electron chi connectivity index (χ1n) is 11.0. The fraction of sp³-hybridized carbons (Fsp3) is 0.360. The third-order valence-corrected chi connectivity index (χ3v) is 5.95. The van der Waals surface area contributed by atoms with Crippen molar-refractivity contribution in [1.29, 1.82) is 0 Å². The average Bonchev–Trinajstić information content (AvgIpc) is 2.79. The van der Waals surface area contributed by atoms with Crippen LogP contribution in [-0.4, -0.2) is 47.8 Å². The smallest absolute Gasteiger partial charge is 0.252 e. The number of carbonyl (C=O) groups is 2. The van der Waals surface area contributed by atoms with Crippen molar-refractivity contribution in [3.63, 3.8) is 0 Å². The van der Waals surface area contributed by atoms with E-state index in [-0.39, 0.29) is 23.8 Å². The van der Waals surface area contributed by atoms with Crippen LogP contribution >= 0.6 is 0 Å². The number of carbonyl (C=O) groups excluding carboxylic acids is 2. The molecule has 0 radical (unpaired) electrons. The highest BCUT2D eigenvalue weighted by atomic mass is 16.2. The Labute approximate surface area is 188 Å². The molecule has 1 saturated carbocycles. The molecule has 1 fully saturated rings. The molecule has 166 valence electrons. The normalized spacial score (nSPS) is 18.2. The van der Waals surface area contributed by atoms with Crippen molar-refractivity contribution >= 4 is 34.4 Å². The van der Waals surface area contributed by atoms with Crippen molar-refractivity contribution in [2.45, 2.75) is 44.7 Å². The summed E-state index contributed by atoms with van der Waals surface area (Å²) in [4.78, 5) is 36.0. The highest BCUT2D eigenvalue weighted by Gasteiger charge is 2.24. The molecule has 0 unspecified atom stereocenters. The van der Waals surface area contributed by atoms with Crippen LogP contribution in [0.2, 0.25) is 0 Å². The van der Waals surface area contributed by atoms with Gasteiger partial charge in [-0.3, -0.25) is 9.59 Å². The molecule has 7 heteroatoms. The van der Waals surface area contributed by atoms with Gasteiger partial charge in [0.2, 0.25) is 5.95 Å². The molecule has 2 N–H and O–H groups in total. The molecule has 4 rings (SSSR count). The van der Waals surface area contributed by atoms with Crippen LogP contribution in [0.15, 0.2) is 48.5 Å². The first kappa shape index (κ1) is 21.7. The van der Waals surface area contributed by atoms with Crippen LogP contribution in [0.25, 0.3) is 10.9 Å². The Balaban J connectivity index is 1.39. The van der Waals surface area contributed by atoms with E-state index in [0.717, 1.165) is 42.4 Å². The second-order valence-corrected chi connectivity index (χ2v) is 8.55. The number of Topliss-reactive ketones (excluding diaryl/α,β-unsaturated/α-hetero) is 1. The second-order valence-electron chi connectivity index (χ2n) is 8.55. The van der Waals surface area contributed by atoms with Crippen LogP contribution in [0, 0.1) is 0 Å². The van der Waals surface area contributed by atoms with Crippen LogP contribution in [0.1, 0.15) is 53.3 Å². The molecule has 1 amide bonds. The number of fused-ring (bicyclic) bond motifs is 1. The third kappa shape index (κ3) is 4.72. The molecule has 0 saturated heterocycles. The van der Waals surface area contributed by atoms with E-state index in [4.69, 9.17) is 9.97 Å². The summed E-state index contributed by atoms with van der Waals surface area (Å²) in [5.74, 6) is 1.25. The van der Waals surface area contributed by atoms with E-state index >= 15 is 0 Å². The number of para-hydroxylation sites is 1. The van der Waals surface area contributed by atoms with Gasteiger partial charge in [0, 0.05) is 37.1 Å². The fourth-order valence-electron chi connectivity index (χ4n) is 4.28. The molecule has 2 aromatic carbocycles. The highest BCUT2D eigenvalue weighted by Crippen LogP contribution is 2.26. The van der Waals surface area contributed by atoms with Gasteiger partial charge >= 0.3 is 0 Å². The minimum atomic E-state index is -0.180. The molecule has 1 aromatic heterocycles. The van der Waals surface area contributed by atoms with E-state index in [0.29, 0.717) is 17.1 Å². The lowest BCUT2D eigenvalue weighted by molar-refractivity contribution is 0.0915. The first-order chi connectivity index (χ1) is 15.4. The van der Waals surface area contributed by atoms with Gasteiger partial charge in [-0.2, -0.15) is 4.98 Å². The molecular formula is C25H29N5O2. The summed E-state index contributed by atoms with van der Waals surface area (Å²) in [6.45, 7) is 1.49. The number of hydrogen-bond donors (Lipinski definition) is 2. The third-order valence-electron chi connectivity index (χ3n) is 5.95. The van der Waals surface area contributed by atoms with Gasteiger partial charge in [0.25, 0.3) is 5.91 Å². The number of benzene rings is 2.